The van der Waals surface area contributed by atoms with Gasteiger partial charge in [-0.2, -0.15) is 0 Å². The molecule has 13 heavy (non-hydrogen) atoms. The predicted octanol–water partition coefficient (Wildman–Crippen LogP) is 0.948. The van der Waals surface area contributed by atoms with Crippen molar-refractivity contribution in [3.63, 3.8) is 0 Å². The predicted molar refractivity (Wildman–Crippen MR) is 51.3 cm³/mol. The molecule has 0 spiro atoms. The summed E-state index contributed by atoms with van der Waals surface area (Å²) < 4.78 is 0. The molecule has 0 fully saturated rings. The van der Waals surface area contributed by atoms with Gasteiger partial charge in [-0.25, -0.2) is 0 Å². The van der Waals surface area contributed by atoms with E-state index in [1.54, 1.807) is 24.3 Å². The Morgan fingerprint density at radius 1 is 1.31 bits per heavy atom. The Morgan fingerprint density at radius 3 is 2.23 bits per heavy atom. The third-order valence-corrected chi connectivity index (χ3v) is 2.36. The van der Waals surface area contributed by atoms with Gasteiger partial charge in [0.05, 0.1) is 12.1 Å². The SMILES string of the molecule is CCC(N)(CO)c1ccc(O)cc1. The van der Waals surface area contributed by atoms with E-state index >= 15 is 0 Å². The van der Waals surface area contributed by atoms with E-state index in [9.17, 15) is 0 Å². The van der Waals surface area contributed by atoms with Gasteiger partial charge in [0, 0.05) is 0 Å². The van der Waals surface area contributed by atoms with E-state index in [1.807, 2.05) is 6.92 Å². The van der Waals surface area contributed by atoms with E-state index < -0.39 is 5.54 Å². The lowest BCUT2D eigenvalue weighted by atomic mass is 9.89. The molecule has 3 nitrogen and oxygen atoms in total. The van der Waals surface area contributed by atoms with E-state index in [0.717, 1.165) is 5.56 Å². The summed E-state index contributed by atoms with van der Waals surface area (Å²) in [5.41, 5.74) is 6.09. The van der Waals surface area contributed by atoms with Crippen molar-refractivity contribution in [2.45, 2.75) is 18.9 Å². The molecule has 0 aliphatic carbocycles. The van der Waals surface area contributed by atoms with E-state index in [2.05, 4.69) is 0 Å². The van der Waals surface area contributed by atoms with Crippen LogP contribution in [0.2, 0.25) is 0 Å². The number of benzene rings is 1. The minimum atomic E-state index is -0.687. The lowest BCUT2D eigenvalue weighted by Gasteiger charge is -2.26. The molecule has 0 radical (unpaired) electrons. The van der Waals surface area contributed by atoms with Crippen molar-refractivity contribution < 1.29 is 10.2 Å². The molecule has 0 aliphatic heterocycles. The molecule has 1 aromatic rings. The zero-order valence-corrected chi connectivity index (χ0v) is 7.70. The summed E-state index contributed by atoms with van der Waals surface area (Å²) in [7, 11) is 0. The van der Waals surface area contributed by atoms with Crippen molar-refractivity contribution in [2.24, 2.45) is 5.73 Å². The van der Waals surface area contributed by atoms with Crippen LogP contribution in [0.5, 0.6) is 5.75 Å². The summed E-state index contributed by atoms with van der Waals surface area (Å²) in [6, 6.07) is 6.61. The highest BCUT2D eigenvalue weighted by Crippen LogP contribution is 2.23. The third kappa shape index (κ3) is 1.99. The molecule has 1 unspecified atom stereocenters. The summed E-state index contributed by atoms with van der Waals surface area (Å²) in [5.74, 6) is 0.208. The van der Waals surface area contributed by atoms with Crippen molar-refractivity contribution in [2.75, 3.05) is 6.61 Å². The largest absolute Gasteiger partial charge is 0.508 e. The van der Waals surface area contributed by atoms with Gasteiger partial charge in [0.2, 0.25) is 0 Å². The highest BCUT2D eigenvalue weighted by molar-refractivity contribution is 5.30. The van der Waals surface area contributed by atoms with Gasteiger partial charge in [-0.3, -0.25) is 0 Å². The first-order valence-electron chi connectivity index (χ1n) is 4.31. The van der Waals surface area contributed by atoms with Crippen LogP contribution in [0.1, 0.15) is 18.9 Å². The van der Waals surface area contributed by atoms with Crippen LogP contribution in [0.4, 0.5) is 0 Å². The Morgan fingerprint density at radius 2 is 1.85 bits per heavy atom. The minimum Gasteiger partial charge on any atom is -0.508 e. The van der Waals surface area contributed by atoms with Gasteiger partial charge in [0.1, 0.15) is 5.75 Å². The van der Waals surface area contributed by atoms with E-state index in [0.29, 0.717) is 6.42 Å². The lowest BCUT2D eigenvalue weighted by molar-refractivity contribution is 0.192. The smallest absolute Gasteiger partial charge is 0.115 e. The Hall–Kier alpha value is -1.06. The average molecular weight is 181 g/mol. The quantitative estimate of drug-likeness (QED) is 0.650. The summed E-state index contributed by atoms with van der Waals surface area (Å²) in [6.45, 7) is 1.83. The molecule has 72 valence electrons. The monoisotopic (exact) mass is 181 g/mol. The maximum absolute atomic E-state index is 9.12. The second-order valence-corrected chi connectivity index (χ2v) is 3.21. The van der Waals surface area contributed by atoms with E-state index in [4.69, 9.17) is 15.9 Å². The van der Waals surface area contributed by atoms with Crippen LogP contribution in [0.25, 0.3) is 0 Å². The molecule has 1 atom stereocenters. The van der Waals surface area contributed by atoms with Crippen molar-refractivity contribution >= 4 is 0 Å². The number of aromatic hydroxyl groups is 1. The Bertz CT molecular complexity index is 265. The summed E-state index contributed by atoms with van der Waals surface area (Å²) in [4.78, 5) is 0. The van der Waals surface area contributed by atoms with Crippen molar-refractivity contribution in [1.29, 1.82) is 0 Å². The van der Waals surface area contributed by atoms with Crippen LogP contribution in [-0.4, -0.2) is 16.8 Å². The molecule has 4 N–H and O–H groups in total. The third-order valence-electron chi connectivity index (χ3n) is 2.36. The molecule has 0 aliphatic rings. The first-order chi connectivity index (χ1) is 6.12. The second-order valence-electron chi connectivity index (χ2n) is 3.21. The fraction of sp³-hybridized carbons (Fsp3) is 0.400. The fourth-order valence-corrected chi connectivity index (χ4v) is 1.20. The number of phenols is 1. The van der Waals surface area contributed by atoms with Crippen molar-refractivity contribution in [1.82, 2.24) is 0 Å². The number of rotatable bonds is 3. The summed E-state index contributed by atoms with van der Waals surface area (Å²) in [5, 5.41) is 18.2. The first kappa shape index (κ1) is 10.0. The number of aliphatic hydroxyl groups excluding tert-OH is 1. The minimum absolute atomic E-state index is 0.0890. The van der Waals surface area contributed by atoms with Gasteiger partial charge in [0.15, 0.2) is 0 Å². The Labute approximate surface area is 77.8 Å². The molecule has 0 heterocycles. The van der Waals surface area contributed by atoms with Crippen LogP contribution < -0.4 is 5.73 Å². The highest BCUT2D eigenvalue weighted by Gasteiger charge is 2.23. The normalized spacial score (nSPS) is 15.3. The molecule has 0 bridgehead atoms. The molecule has 0 saturated carbocycles. The topological polar surface area (TPSA) is 66.5 Å². The Kier molecular flexibility index (Phi) is 2.90. The zero-order valence-electron chi connectivity index (χ0n) is 7.70. The summed E-state index contributed by atoms with van der Waals surface area (Å²) >= 11 is 0. The van der Waals surface area contributed by atoms with Gasteiger partial charge in [-0.15, -0.1) is 0 Å². The lowest BCUT2D eigenvalue weighted by Crippen LogP contribution is -2.39. The molecule has 1 rings (SSSR count). The molecule has 0 amide bonds. The van der Waals surface area contributed by atoms with Crippen LogP contribution in [0.3, 0.4) is 0 Å². The average Bonchev–Trinajstić information content (AvgIpc) is 2.18. The van der Waals surface area contributed by atoms with Gasteiger partial charge < -0.3 is 15.9 Å². The van der Waals surface area contributed by atoms with Gasteiger partial charge in [-0.05, 0) is 24.1 Å². The fourth-order valence-electron chi connectivity index (χ4n) is 1.20. The molecular formula is C10H15NO2. The van der Waals surface area contributed by atoms with Gasteiger partial charge >= 0.3 is 0 Å². The van der Waals surface area contributed by atoms with Gasteiger partial charge in [0.25, 0.3) is 0 Å². The van der Waals surface area contributed by atoms with E-state index in [1.165, 1.54) is 0 Å². The number of hydrogen-bond acceptors (Lipinski definition) is 3. The molecule has 0 saturated heterocycles. The maximum Gasteiger partial charge on any atom is 0.115 e. The standard InChI is InChI=1S/C10H15NO2/c1-2-10(11,7-12)8-3-5-9(13)6-4-8/h3-6,12-13H,2,7,11H2,1H3. The molecule has 3 heteroatoms. The van der Waals surface area contributed by atoms with Crippen LogP contribution in [0, 0.1) is 0 Å². The molecule has 0 aromatic heterocycles. The Balaban J connectivity index is 2.99. The second kappa shape index (κ2) is 3.77. The van der Waals surface area contributed by atoms with Crippen LogP contribution in [0.15, 0.2) is 24.3 Å². The van der Waals surface area contributed by atoms with Crippen LogP contribution in [-0.2, 0) is 5.54 Å². The number of nitrogens with two attached hydrogens (primary N) is 1. The van der Waals surface area contributed by atoms with Gasteiger partial charge in [-0.1, -0.05) is 19.1 Å². The number of hydrogen-bond donors (Lipinski definition) is 3. The highest BCUT2D eigenvalue weighted by atomic mass is 16.3. The molecular weight excluding hydrogens is 166 g/mol. The van der Waals surface area contributed by atoms with Crippen molar-refractivity contribution in [3.8, 4) is 5.75 Å². The maximum atomic E-state index is 9.12. The van der Waals surface area contributed by atoms with E-state index in [-0.39, 0.29) is 12.4 Å². The zero-order chi connectivity index (χ0) is 9.90. The molecule has 1 aromatic carbocycles. The first-order valence-corrected chi connectivity index (χ1v) is 4.31. The van der Waals surface area contributed by atoms with Crippen LogP contribution >= 0.6 is 0 Å². The number of aliphatic hydroxyl groups is 1. The number of phenolic OH excluding ortho intramolecular Hbond substituents is 1. The van der Waals surface area contributed by atoms with Crippen molar-refractivity contribution in [3.05, 3.63) is 29.8 Å². The summed E-state index contributed by atoms with van der Waals surface area (Å²) in [6.07, 6.45) is 0.661.